The molecular weight excluding hydrogens is 160 g/mol. The number of nitrogens with one attached hydrogen (secondary N) is 1. The van der Waals surface area contributed by atoms with Gasteiger partial charge in [0.2, 0.25) is 0 Å². The fraction of sp³-hybridized carbons (Fsp3) is 0.182. The summed E-state index contributed by atoms with van der Waals surface area (Å²) in [5, 5.41) is 0. The van der Waals surface area contributed by atoms with Crippen molar-refractivity contribution in [3.63, 3.8) is 0 Å². The minimum Gasteiger partial charge on any atom is -0.349 e. The number of aromatic amines is 1. The Kier molecular flexibility index (Phi) is 2.41. The zero-order valence-corrected chi connectivity index (χ0v) is 7.40. The van der Waals surface area contributed by atoms with Crippen LogP contribution in [-0.2, 0) is 12.8 Å². The van der Waals surface area contributed by atoms with Gasteiger partial charge in [0, 0.05) is 18.8 Å². The third kappa shape index (κ3) is 2.18. The number of imidazole rings is 1. The first-order valence-electron chi connectivity index (χ1n) is 4.47. The Bertz CT molecular complexity index is 338. The average molecular weight is 172 g/mol. The summed E-state index contributed by atoms with van der Waals surface area (Å²) in [5.74, 6) is 1.06. The van der Waals surface area contributed by atoms with Crippen molar-refractivity contribution < 1.29 is 0 Å². The van der Waals surface area contributed by atoms with Gasteiger partial charge in [0.15, 0.2) is 0 Å². The molecule has 0 fully saturated rings. The second-order valence-corrected chi connectivity index (χ2v) is 3.02. The summed E-state index contributed by atoms with van der Waals surface area (Å²) >= 11 is 0. The van der Waals surface area contributed by atoms with E-state index >= 15 is 0 Å². The summed E-state index contributed by atoms with van der Waals surface area (Å²) in [6.45, 7) is 0. The molecule has 1 aromatic carbocycles. The molecule has 0 aliphatic heterocycles. The van der Waals surface area contributed by atoms with Crippen molar-refractivity contribution in [2.24, 2.45) is 0 Å². The molecule has 0 radical (unpaired) electrons. The van der Waals surface area contributed by atoms with E-state index in [1.54, 1.807) is 6.20 Å². The monoisotopic (exact) mass is 172 g/mol. The van der Waals surface area contributed by atoms with Gasteiger partial charge in [-0.2, -0.15) is 0 Å². The lowest BCUT2D eigenvalue weighted by Gasteiger charge is -1.97. The third-order valence-corrected chi connectivity index (χ3v) is 2.05. The molecule has 66 valence electrons. The van der Waals surface area contributed by atoms with Crippen molar-refractivity contribution >= 4 is 0 Å². The van der Waals surface area contributed by atoms with Crippen molar-refractivity contribution in [1.82, 2.24) is 9.97 Å². The largest absolute Gasteiger partial charge is 0.349 e. The van der Waals surface area contributed by atoms with Gasteiger partial charge >= 0.3 is 0 Å². The quantitative estimate of drug-likeness (QED) is 0.755. The van der Waals surface area contributed by atoms with Crippen LogP contribution in [0.25, 0.3) is 0 Å². The van der Waals surface area contributed by atoms with E-state index in [9.17, 15) is 0 Å². The minimum atomic E-state index is 0.983. The molecule has 0 saturated heterocycles. The smallest absolute Gasteiger partial charge is 0.106 e. The Morgan fingerprint density at radius 3 is 2.62 bits per heavy atom. The zero-order chi connectivity index (χ0) is 8.93. The van der Waals surface area contributed by atoms with E-state index in [-0.39, 0.29) is 0 Å². The highest BCUT2D eigenvalue weighted by Gasteiger charge is 1.95. The van der Waals surface area contributed by atoms with Gasteiger partial charge in [-0.1, -0.05) is 30.3 Å². The highest BCUT2D eigenvalue weighted by atomic mass is 14.9. The van der Waals surface area contributed by atoms with Crippen LogP contribution in [0.5, 0.6) is 0 Å². The van der Waals surface area contributed by atoms with Crippen LogP contribution in [0.15, 0.2) is 42.7 Å². The molecular formula is C11H12N2. The van der Waals surface area contributed by atoms with E-state index in [0.29, 0.717) is 0 Å². The molecule has 2 nitrogen and oxygen atoms in total. The first-order valence-corrected chi connectivity index (χ1v) is 4.47. The molecule has 1 heterocycles. The Balaban J connectivity index is 1.94. The normalized spacial score (nSPS) is 10.2. The molecule has 13 heavy (non-hydrogen) atoms. The maximum absolute atomic E-state index is 4.18. The van der Waals surface area contributed by atoms with Crippen LogP contribution in [-0.4, -0.2) is 9.97 Å². The average Bonchev–Trinajstić information content (AvgIpc) is 2.69. The molecule has 0 aliphatic rings. The molecule has 0 saturated carbocycles. The number of H-pyrrole nitrogens is 1. The Morgan fingerprint density at radius 1 is 1.08 bits per heavy atom. The summed E-state index contributed by atoms with van der Waals surface area (Å²) < 4.78 is 0. The third-order valence-electron chi connectivity index (χ3n) is 2.05. The summed E-state index contributed by atoms with van der Waals surface area (Å²) in [6.07, 6.45) is 5.69. The molecule has 0 aliphatic carbocycles. The van der Waals surface area contributed by atoms with Gasteiger partial charge in [-0.05, 0) is 12.0 Å². The number of benzene rings is 1. The predicted molar refractivity (Wildman–Crippen MR) is 52.4 cm³/mol. The van der Waals surface area contributed by atoms with Gasteiger partial charge in [-0.3, -0.25) is 0 Å². The molecule has 1 N–H and O–H groups in total. The second kappa shape index (κ2) is 3.90. The minimum absolute atomic E-state index is 0.983. The Hall–Kier alpha value is -1.57. The van der Waals surface area contributed by atoms with Crippen LogP contribution in [0, 0.1) is 0 Å². The van der Waals surface area contributed by atoms with Crippen LogP contribution in [0.1, 0.15) is 11.4 Å². The number of nitrogens with zero attached hydrogens (tertiary/aromatic N) is 1. The second-order valence-electron chi connectivity index (χ2n) is 3.02. The van der Waals surface area contributed by atoms with Crippen molar-refractivity contribution in [2.75, 3.05) is 0 Å². The Labute approximate surface area is 77.6 Å². The van der Waals surface area contributed by atoms with Gasteiger partial charge in [-0.15, -0.1) is 0 Å². The van der Waals surface area contributed by atoms with E-state index in [1.165, 1.54) is 5.56 Å². The van der Waals surface area contributed by atoms with Gasteiger partial charge in [0.1, 0.15) is 5.82 Å². The predicted octanol–water partition coefficient (Wildman–Crippen LogP) is 2.19. The maximum atomic E-state index is 4.18. The number of aryl methyl sites for hydroxylation is 2. The van der Waals surface area contributed by atoms with Gasteiger partial charge in [-0.25, -0.2) is 4.98 Å². The lowest BCUT2D eigenvalue weighted by molar-refractivity contribution is 0.884. The first-order chi connectivity index (χ1) is 6.45. The van der Waals surface area contributed by atoms with Crippen LogP contribution in [0.4, 0.5) is 0 Å². The van der Waals surface area contributed by atoms with Crippen molar-refractivity contribution in [2.45, 2.75) is 12.8 Å². The maximum Gasteiger partial charge on any atom is 0.106 e. The summed E-state index contributed by atoms with van der Waals surface area (Å²) in [5.41, 5.74) is 1.36. The highest BCUT2D eigenvalue weighted by Crippen LogP contribution is 2.02. The molecule has 1 aromatic heterocycles. The molecule has 0 unspecified atom stereocenters. The SMILES string of the molecule is c1ccc(CCc2ncc[nH]2)cc1. The van der Waals surface area contributed by atoms with E-state index in [0.717, 1.165) is 18.7 Å². The summed E-state index contributed by atoms with van der Waals surface area (Å²) in [7, 11) is 0. The number of hydrogen-bond acceptors (Lipinski definition) is 1. The lowest BCUT2D eigenvalue weighted by Crippen LogP contribution is -1.92. The topological polar surface area (TPSA) is 28.7 Å². The highest BCUT2D eigenvalue weighted by molar-refractivity contribution is 5.15. The fourth-order valence-electron chi connectivity index (χ4n) is 1.34. The summed E-state index contributed by atoms with van der Waals surface area (Å²) in [4.78, 5) is 7.27. The standard InChI is InChI=1S/C11H12N2/c1-2-4-10(5-3-1)6-7-11-12-8-9-13-11/h1-5,8-9H,6-7H2,(H,12,13). The van der Waals surface area contributed by atoms with Crippen LogP contribution in [0.3, 0.4) is 0 Å². The molecule has 0 bridgehead atoms. The van der Waals surface area contributed by atoms with E-state index in [1.807, 2.05) is 12.3 Å². The van der Waals surface area contributed by atoms with Gasteiger partial charge in [0.05, 0.1) is 0 Å². The van der Waals surface area contributed by atoms with Crippen molar-refractivity contribution in [1.29, 1.82) is 0 Å². The zero-order valence-electron chi connectivity index (χ0n) is 7.40. The first kappa shape index (κ1) is 8.05. The number of aromatic nitrogens is 2. The van der Waals surface area contributed by atoms with E-state index in [2.05, 4.69) is 34.2 Å². The lowest BCUT2D eigenvalue weighted by atomic mass is 10.1. The Morgan fingerprint density at radius 2 is 1.92 bits per heavy atom. The van der Waals surface area contributed by atoms with Crippen molar-refractivity contribution in [3.8, 4) is 0 Å². The molecule has 2 aromatic rings. The molecule has 2 rings (SSSR count). The van der Waals surface area contributed by atoms with Crippen molar-refractivity contribution in [3.05, 3.63) is 54.1 Å². The van der Waals surface area contributed by atoms with Gasteiger partial charge in [0.25, 0.3) is 0 Å². The molecule has 0 atom stereocenters. The van der Waals surface area contributed by atoms with E-state index in [4.69, 9.17) is 0 Å². The number of rotatable bonds is 3. The molecule has 0 amide bonds. The van der Waals surface area contributed by atoms with Crippen LogP contribution >= 0.6 is 0 Å². The molecule has 0 spiro atoms. The number of hydrogen-bond donors (Lipinski definition) is 1. The molecule has 2 heteroatoms. The summed E-state index contributed by atoms with van der Waals surface area (Å²) in [6, 6.07) is 10.5. The van der Waals surface area contributed by atoms with E-state index < -0.39 is 0 Å². The van der Waals surface area contributed by atoms with Crippen LogP contribution in [0.2, 0.25) is 0 Å². The van der Waals surface area contributed by atoms with Gasteiger partial charge < -0.3 is 4.98 Å². The fourth-order valence-corrected chi connectivity index (χ4v) is 1.34. The van der Waals surface area contributed by atoms with Crippen LogP contribution < -0.4 is 0 Å².